The van der Waals surface area contributed by atoms with Gasteiger partial charge in [-0.3, -0.25) is 0 Å². The monoisotopic (exact) mass is 308 g/mol. The third-order valence-electron chi connectivity index (χ3n) is 3.64. The highest BCUT2D eigenvalue weighted by atomic mass is 79.9. The van der Waals surface area contributed by atoms with E-state index in [2.05, 4.69) is 55.2 Å². The van der Waals surface area contributed by atoms with Crippen LogP contribution in [0.1, 0.15) is 26.1 Å². The zero-order chi connectivity index (χ0) is 12.9. The molecule has 0 unspecified atom stereocenters. The first-order chi connectivity index (χ1) is 8.46. The minimum atomic E-state index is 0.326. The number of hydrogen-bond donors (Lipinski definition) is 0. The maximum atomic E-state index is 4.38. The van der Waals surface area contributed by atoms with Crippen molar-refractivity contribution in [3.63, 3.8) is 0 Å². The first kappa shape index (κ1) is 12.0. The van der Waals surface area contributed by atoms with E-state index in [9.17, 15) is 0 Å². The Morgan fingerprint density at radius 1 is 1.33 bits per heavy atom. The summed E-state index contributed by atoms with van der Waals surface area (Å²) in [6.45, 7) is 5.61. The average Bonchev–Trinajstić information content (AvgIpc) is 2.80. The molecule has 0 amide bonds. The van der Waals surface area contributed by atoms with E-state index in [1.807, 2.05) is 13.2 Å². The molecule has 1 aliphatic rings. The minimum Gasteiger partial charge on any atom is -0.347 e. The van der Waals surface area contributed by atoms with E-state index < -0.39 is 0 Å². The maximum absolute atomic E-state index is 4.38. The molecule has 0 spiro atoms. The molecule has 4 nitrogen and oxygen atoms in total. The molecule has 0 bridgehead atoms. The molecular weight excluding hydrogens is 292 g/mol. The van der Waals surface area contributed by atoms with Crippen LogP contribution in [-0.4, -0.2) is 19.3 Å². The Kier molecular flexibility index (Phi) is 2.62. The van der Waals surface area contributed by atoms with Gasteiger partial charge >= 0.3 is 0 Å². The summed E-state index contributed by atoms with van der Waals surface area (Å²) in [6, 6.07) is 2.10. The summed E-state index contributed by atoms with van der Waals surface area (Å²) in [5, 5.41) is 8.71. The first-order valence-electron chi connectivity index (χ1n) is 6.21. The van der Waals surface area contributed by atoms with Gasteiger partial charge in [0.1, 0.15) is 5.82 Å². The second kappa shape index (κ2) is 3.95. The van der Waals surface area contributed by atoms with Crippen LogP contribution in [0.25, 0.3) is 11.5 Å². The molecule has 96 valence electrons. The summed E-state index contributed by atoms with van der Waals surface area (Å²) in [5.41, 5.74) is 1.44. The minimum absolute atomic E-state index is 0.326. The highest BCUT2D eigenvalue weighted by Gasteiger charge is 2.29. The van der Waals surface area contributed by atoms with E-state index >= 15 is 0 Å². The molecule has 5 heteroatoms. The number of aryl methyl sites for hydroxylation is 2. The number of hydrogen-bond acceptors (Lipinski definition) is 2. The molecule has 3 rings (SSSR count). The van der Waals surface area contributed by atoms with Crippen LogP contribution in [0.5, 0.6) is 0 Å². The second-order valence-electron chi connectivity index (χ2n) is 5.84. The lowest BCUT2D eigenvalue weighted by Crippen LogP contribution is -2.27. The van der Waals surface area contributed by atoms with E-state index in [1.165, 1.54) is 6.42 Å². The second-order valence-corrected chi connectivity index (χ2v) is 6.76. The third-order valence-corrected chi connectivity index (χ3v) is 4.07. The molecule has 0 saturated heterocycles. The van der Waals surface area contributed by atoms with Crippen molar-refractivity contribution in [1.29, 1.82) is 0 Å². The topological polar surface area (TPSA) is 35.6 Å². The molecule has 0 radical (unpaired) electrons. The van der Waals surface area contributed by atoms with Gasteiger partial charge in [-0.1, -0.05) is 13.8 Å². The van der Waals surface area contributed by atoms with Crippen LogP contribution in [0.3, 0.4) is 0 Å². The summed E-state index contributed by atoms with van der Waals surface area (Å²) >= 11 is 3.51. The lowest BCUT2D eigenvalue weighted by molar-refractivity contribution is 0.248. The Labute approximate surface area is 115 Å². The van der Waals surface area contributed by atoms with Crippen molar-refractivity contribution < 1.29 is 0 Å². The molecular formula is C13H17BrN4. The van der Waals surface area contributed by atoms with Gasteiger partial charge in [-0.25, -0.2) is 0 Å². The highest BCUT2D eigenvalue weighted by molar-refractivity contribution is 9.10. The molecule has 0 N–H and O–H groups in total. The molecule has 0 atom stereocenters. The van der Waals surface area contributed by atoms with Crippen LogP contribution in [0.15, 0.2) is 16.7 Å². The van der Waals surface area contributed by atoms with Gasteiger partial charge in [0.25, 0.3) is 0 Å². The van der Waals surface area contributed by atoms with Crippen molar-refractivity contribution in [2.24, 2.45) is 12.5 Å². The fraction of sp³-hybridized carbons (Fsp3) is 0.538. The molecule has 2 aromatic heterocycles. The molecule has 3 heterocycles. The number of rotatable bonds is 1. The molecule has 0 aliphatic carbocycles. The van der Waals surface area contributed by atoms with Gasteiger partial charge in [0.2, 0.25) is 0 Å². The quantitative estimate of drug-likeness (QED) is 0.812. The van der Waals surface area contributed by atoms with Crippen LogP contribution in [0, 0.1) is 5.41 Å². The fourth-order valence-corrected chi connectivity index (χ4v) is 3.10. The third kappa shape index (κ3) is 1.90. The van der Waals surface area contributed by atoms with Gasteiger partial charge in [-0.15, -0.1) is 10.2 Å². The van der Waals surface area contributed by atoms with Crippen molar-refractivity contribution in [1.82, 2.24) is 19.3 Å². The van der Waals surface area contributed by atoms with E-state index in [-0.39, 0.29) is 0 Å². The predicted molar refractivity (Wildman–Crippen MR) is 74.2 cm³/mol. The van der Waals surface area contributed by atoms with Gasteiger partial charge in [-0.2, -0.15) is 0 Å². The van der Waals surface area contributed by atoms with Crippen molar-refractivity contribution >= 4 is 15.9 Å². The van der Waals surface area contributed by atoms with E-state index in [1.54, 1.807) is 0 Å². The average molecular weight is 309 g/mol. The van der Waals surface area contributed by atoms with E-state index in [0.717, 1.165) is 34.8 Å². The summed E-state index contributed by atoms with van der Waals surface area (Å²) in [4.78, 5) is 0. The van der Waals surface area contributed by atoms with E-state index in [4.69, 9.17) is 0 Å². The Bertz CT molecular complexity index is 594. The maximum Gasteiger partial charge on any atom is 0.180 e. The fourth-order valence-electron chi connectivity index (χ4n) is 2.58. The molecule has 0 saturated carbocycles. The smallest absolute Gasteiger partial charge is 0.180 e. The van der Waals surface area contributed by atoms with Crippen LogP contribution in [0.2, 0.25) is 0 Å². The largest absolute Gasteiger partial charge is 0.347 e. The summed E-state index contributed by atoms with van der Waals surface area (Å²) < 4.78 is 5.43. The van der Waals surface area contributed by atoms with Gasteiger partial charge in [0.05, 0.1) is 5.69 Å². The standard InChI is InChI=1S/C13H17BrN4/c1-13(2)5-4-11-15-16-12(18(11)8-13)10-6-9(14)7-17(10)3/h6-7H,4-5,8H2,1-3H3. The highest BCUT2D eigenvalue weighted by Crippen LogP contribution is 2.33. The van der Waals surface area contributed by atoms with Crippen molar-refractivity contribution in [2.45, 2.75) is 33.2 Å². The Hall–Kier alpha value is -1.10. The van der Waals surface area contributed by atoms with E-state index in [0.29, 0.717) is 5.41 Å². The zero-order valence-corrected chi connectivity index (χ0v) is 12.5. The summed E-state index contributed by atoms with van der Waals surface area (Å²) in [7, 11) is 2.04. The molecule has 18 heavy (non-hydrogen) atoms. The molecule has 2 aromatic rings. The molecule has 0 fully saturated rings. The van der Waals surface area contributed by atoms with Gasteiger partial charge in [-0.05, 0) is 33.8 Å². The van der Waals surface area contributed by atoms with Crippen molar-refractivity contribution in [2.75, 3.05) is 0 Å². The Balaban J connectivity index is 2.10. The van der Waals surface area contributed by atoms with Gasteiger partial charge < -0.3 is 9.13 Å². The summed E-state index contributed by atoms with van der Waals surface area (Å²) in [5.74, 6) is 2.09. The van der Waals surface area contributed by atoms with Gasteiger partial charge in [0, 0.05) is 30.7 Å². The van der Waals surface area contributed by atoms with Crippen LogP contribution in [-0.2, 0) is 20.0 Å². The SMILES string of the molecule is Cn1cc(Br)cc1-c1nnc2n1CC(C)(C)CC2. The number of halogens is 1. The number of aromatic nitrogens is 4. The first-order valence-corrected chi connectivity index (χ1v) is 7.00. The van der Waals surface area contributed by atoms with Gasteiger partial charge in [0.15, 0.2) is 5.82 Å². The lowest BCUT2D eigenvalue weighted by Gasteiger charge is -2.30. The lowest BCUT2D eigenvalue weighted by atomic mass is 9.85. The number of nitrogens with zero attached hydrogens (tertiary/aromatic N) is 4. The normalized spacial score (nSPS) is 17.8. The molecule has 0 aromatic carbocycles. The van der Waals surface area contributed by atoms with Crippen molar-refractivity contribution in [3.05, 3.63) is 22.6 Å². The molecule has 1 aliphatic heterocycles. The van der Waals surface area contributed by atoms with Crippen LogP contribution >= 0.6 is 15.9 Å². The van der Waals surface area contributed by atoms with Crippen LogP contribution < -0.4 is 0 Å². The summed E-state index contributed by atoms with van der Waals surface area (Å²) in [6.07, 6.45) is 4.25. The Morgan fingerprint density at radius 2 is 2.11 bits per heavy atom. The zero-order valence-electron chi connectivity index (χ0n) is 10.9. The Morgan fingerprint density at radius 3 is 2.78 bits per heavy atom. The predicted octanol–water partition coefficient (Wildman–Crippen LogP) is 3.02. The number of fused-ring (bicyclic) bond motifs is 1. The van der Waals surface area contributed by atoms with Crippen LogP contribution in [0.4, 0.5) is 0 Å². The van der Waals surface area contributed by atoms with Crippen molar-refractivity contribution in [3.8, 4) is 11.5 Å².